The topological polar surface area (TPSA) is 51.4 Å². The fourth-order valence-corrected chi connectivity index (χ4v) is 1.96. The van der Waals surface area contributed by atoms with E-state index in [0.29, 0.717) is 12.5 Å². The lowest BCUT2D eigenvalue weighted by atomic mass is 10.2. The highest BCUT2D eigenvalue weighted by atomic mass is 16.5. The second kappa shape index (κ2) is 5.56. The highest BCUT2D eigenvalue weighted by molar-refractivity contribution is 5.84. The van der Waals surface area contributed by atoms with Crippen LogP contribution >= 0.6 is 0 Å². The monoisotopic (exact) mass is 256 g/mol. The Labute approximate surface area is 111 Å². The molecule has 0 atom stereocenters. The van der Waals surface area contributed by atoms with Gasteiger partial charge < -0.3 is 10.1 Å². The van der Waals surface area contributed by atoms with Gasteiger partial charge in [-0.2, -0.15) is 0 Å². The number of benzene rings is 1. The maximum Gasteiger partial charge on any atom is 0.233 e. The van der Waals surface area contributed by atoms with Crippen LogP contribution in [0, 0.1) is 0 Å². The molecule has 0 aliphatic carbocycles. The summed E-state index contributed by atoms with van der Waals surface area (Å²) in [6, 6.07) is 12.1. The summed E-state index contributed by atoms with van der Waals surface area (Å²) >= 11 is 0. The summed E-state index contributed by atoms with van der Waals surface area (Å²) in [7, 11) is 0. The van der Waals surface area contributed by atoms with E-state index in [-0.39, 0.29) is 0 Å². The second-order valence-corrected chi connectivity index (χ2v) is 4.38. The van der Waals surface area contributed by atoms with Gasteiger partial charge in [-0.1, -0.05) is 30.3 Å². The summed E-state index contributed by atoms with van der Waals surface area (Å²) in [5.41, 5.74) is 1.22. The Balaban J connectivity index is 1.57. The van der Waals surface area contributed by atoms with Crippen molar-refractivity contribution in [2.45, 2.75) is 6.54 Å². The number of nitrogens with zero attached hydrogens (tertiary/aromatic N) is 3. The highest BCUT2D eigenvalue weighted by Gasteiger charge is 2.07. The van der Waals surface area contributed by atoms with Crippen LogP contribution in [0.25, 0.3) is 0 Å². The Bertz CT molecular complexity index is 562. The third-order valence-corrected chi connectivity index (χ3v) is 2.90. The molecule has 0 fully saturated rings. The zero-order valence-electron chi connectivity index (χ0n) is 10.6. The first-order valence-corrected chi connectivity index (χ1v) is 6.37. The number of amidine groups is 1. The first kappa shape index (κ1) is 11.8. The molecule has 19 heavy (non-hydrogen) atoms. The molecule has 1 aliphatic heterocycles. The van der Waals surface area contributed by atoms with Gasteiger partial charge in [0, 0.05) is 18.8 Å². The van der Waals surface area contributed by atoms with Crippen molar-refractivity contribution in [3.05, 3.63) is 48.2 Å². The molecule has 0 bridgehead atoms. The largest absolute Gasteiger partial charge is 0.468 e. The van der Waals surface area contributed by atoms with Crippen LogP contribution in [-0.2, 0) is 6.54 Å². The molecular formula is C14H16N4O. The SMILES string of the molecule is c1ccc(Cn2ccc(OCC3=NCCN3)n2)cc1. The maximum absolute atomic E-state index is 5.58. The molecule has 0 saturated carbocycles. The van der Waals surface area contributed by atoms with E-state index in [4.69, 9.17) is 4.74 Å². The lowest BCUT2D eigenvalue weighted by molar-refractivity contribution is 0.353. The van der Waals surface area contributed by atoms with Crippen molar-refractivity contribution >= 4 is 5.84 Å². The molecule has 3 rings (SSSR count). The number of nitrogens with one attached hydrogen (secondary N) is 1. The van der Waals surface area contributed by atoms with Crippen molar-refractivity contribution in [2.75, 3.05) is 19.7 Å². The van der Waals surface area contributed by atoms with Crippen molar-refractivity contribution in [3.8, 4) is 5.88 Å². The van der Waals surface area contributed by atoms with Gasteiger partial charge in [0.1, 0.15) is 12.4 Å². The number of rotatable bonds is 5. The molecule has 0 saturated heterocycles. The van der Waals surface area contributed by atoms with E-state index < -0.39 is 0 Å². The molecular weight excluding hydrogens is 240 g/mol. The van der Waals surface area contributed by atoms with E-state index in [2.05, 4.69) is 27.5 Å². The van der Waals surface area contributed by atoms with Crippen molar-refractivity contribution in [1.29, 1.82) is 0 Å². The zero-order valence-corrected chi connectivity index (χ0v) is 10.6. The molecule has 0 unspecified atom stereocenters. The molecule has 1 aliphatic rings. The third kappa shape index (κ3) is 3.13. The molecule has 2 heterocycles. The van der Waals surface area contributed by atoms with Crippen molar-refractivity contribution in [3.63, 3.8) is 0 Å². The smallest absolute Gasteiger partial charge is 0.233 e. The molecule has 1 aromatic carbocycles. The fourth-order valence-electron chi connectivity index (χ4n) is 1.96. The number of hydrogen-bond donors (Lipinski definition) is 1. The molecule has 0 amide bonds. The van der Waals surface area contributed by atoms with E-state index in [1.807, 2.05) is 35.1 Å². The maximum atomic E-state index is 5.58. The first-order chi connectivity index (χ1) is 9.40. The third-order valence-electron chi connectivity index (χ3n) is 2.90. The van der Waals surface area contributed by atoms with Crippen molar-refractivity contribution in [2.24, 2.45) is 4.99 Å². The van der Waals surface area contributed by atoms with E-state index in [1.165, 1.54) is 5.56 Å². The van der Waals surface area contributed by atoms with Crippen LogP contribution in [0.1, 0.15) is 5.56 Å². The number of aliphatic imine (C=N–C) groups is 1. The standard InChI is InChI=1S/C14H16N4O/c1-2-4-12(5-3-1)10-18-9-6-14(17-18)19-11-13-15-7-8-16-13/h1-6,9H,7-8,10-11H2,(H,15,16). The van der Waals surface area contributed by atoms with Crippen molar-refractivity contribution in [1.82, 2.24) is 15.1 Å². The lowest BCUT2D eigenvalue weighted by Crippen LogP contribution is -2.25. The fraction of sp³-hybridized carbons (Fsp3) is 0.286. The Kier molecular flexibility index (Phi) is 3.45. The van der Waals surface area contributed by atoms with Crippen LogP contribution in [0.4, 0.5) is 0 Å². The van der Waals surface area contributed by atoms with Crippen LogP contribution in [0.2, 0.25) is 0 Å². The van der Waals surface area contributed by atoms with Gasteiger partial charge in [-0.25, -0.2) is 0 Å². The van der Waals surface area contributed by atoms with Crippen LogP contribution < -0.4 is 10.1 Å². The van der Waals surface area contributed by atoms with Gasteiger partial charge in [0.25, 0.3) is 0 Å². The minimum absolute atomic E-state index is 0.461. The van der Waals surface area contributed by atoms with Gasteiger partial charge >= 0.3 is 0 Å². The van der Waals surface area contributed by atoms with E-state index >= 15 is 0 Å². The zero-order chi connectivity index (χ0) is 12.9. The number of aromatic nitrogens is 2. The molecule has 98 valence electrons. The summed E-state index contributed by atoms with van der Waals surface area (Å²) in [6.07, 6.45) is 1.92. The van der Waals surface area contributed by atoms with E-state index in [9.17, 15) is 0 Å². The van der Waals surface area contributed by atoms with Crippen LogP contribution in [0.5, 0.6) is 5.88 Å². The summed E-state index contributed by atoms with van der Waals surface area (Å²) in [5.74, 6) is 1.53. The van der Waals surface area contributed by atoms with Crippen molar-refractivity contribution < 1.29 is 4.74 Å². The summed E-state index contributed by atoms with van der Waals surface area (Å²) < 4.78 is 7.45. The molecule has 5 heteroatoms. The predicted octanol–water partition coefficient (Wildman–Crippen LogP) is 1.31. The van der Waals surface area contributed by atoms with Gasteiger partial charge in [0.15, 0.2) is 0 Å². The Morgan fingerprint density at radius 3 is 2.89 bits per heavy atom. The highest BCUT2D eigenvalue weighted by Crippen LogP contribution is 2.08. The lowest BCUT2D eigenvalue weighted by Gasteiger charge is -2.03. The van der Waals surface area contributed by atoms with E-state index in [1.54, 1.807) is 0 Å². The normalized spacial score (nSPS) is 14.0. The second-order valence-electron chi connectivity index (χ2n) is 4.38. The Morgan fingerprint density at radius 1 is 1.21 bits per heavy atom. The quantitative estimate of drug-likeness (QED) is 0.877. The minimum atomic E-state index is 0.461. The predicted molar refractivity (Wildman–Crippen MR) is 73.6 cm³/mol. The molecule has 2 aromatic rings. The summed E-state index contributed by atoms with van der Waals surface area (Å²) in [6.45, 7) is 2.95. The van der Waals surface area contributed by atoms with Crippen LogP contribution in [0.15, 0.2) is 47.6 Å². The first-order valence-electron chi connectivity index (χ1n) is 6.37. The van der Waals surface area contributed by atoms with E-state index in [0.717, 1.165) is 25.5 Å². The molecule has 1 aromatic heterocycles. The summed E-state index contributed by atoms with van der Waals surface area (Å²) in [4.78, 5) is 4.27. The summed E-state index contributed by atoms with van der Waals surface area (Å²) in [5, 5.41) is 7.54. The average molecular weight is 256 g/mol. The Hall–Kier alpha value is -2.30. The molecule has 5 nitrogen and oxygen atoms in total. The molecule has 0 radical (unpaired) electrons. The van der Waals surface area contributed by atoms with Gasteiger partial charge in [0.05, 0.1) is 13.1 Å². The van der Waals surface area contributed by atoms with Gasteiger partial charge in [-0.15, -0.1) is 5.10 Å². The van der Waals surface area contributed by atoms with Gasteiger partial charge in [-0.3, -0.25) is 9.67 Å². The molecule has 0 spiro atoms. The minimum Gasteiger partial charge on any atom is -0.468 e. The number of hydrogen-bond acceptors (Lipinski definition) is 4. The van der Waals surface area contributed by atoms with Crippen LogP contribution in [-0.4, -0.2) is 35.3 Å². The van der Waals surface area contributed by atoms with Gasteiger partial charge in [-0.05, 0) is 5.56 Å². The van der Waals surface area contributed by atoms with Gasteiger partial charge in [0.2, 0.25) is 5.88 Å². The average Bonchev–Trinajstić information content (AvgIpc) is 3.09. The molecule has 1 N–H and O–H groups in total. The van der Waals surface area contributed by atoms with Crippen LogP contribution in [0.3, 0.4) is 0 Å². The number of ether oxygens (including phenoxy) is 1. The Morgan fingerprint density at radius 2 is 2.11 bits per heavy atom.